The summed E-state index contributed by atoms with van der Waals surface area (Å²) in [6.07, 6.45) is -2.61. The van der Waals surface area contributed by atoms with E-state index in [0.29, 0.717) is 35.1 Å². The number of rotatable bonds is 5. The number of alkyl halides is 3. The highest BCUT2D eigenvalue weighted by Gasteiger charge is 2.31. The monoisotopic (exact) mass is 476 g/mol. The van der Waals surface area contributed by atoms with Crippen LogP contribution in [0.4, 0.5) is 13.2 Å². The zero-order chi connectivity index (χ0) is 23.6. The summed E-state index contributed by atoms with van der Waals surface area (Å²) in [5.74, 6) is 0.563. The summed E-state index contributed by atoms with van der Waals surface area (Å²) in [6.45, 7) is 3.98. The number of hydrogen-bond acceptors (Lipinski definition) is 6. The van der Waals surface area contributed by atoms with Crippen LogP contribution in [0.1, 0.15) is 27.9 Å². The van der Waals surface area contributed by atoms with Gasteiger partial charge >= 0.3 is 6.18 Å². The lowest BCUT2D eigenvalue weighted by molar-refractivity contribution is -0.137. The molecule has 0 amide bonds. The van der Waals surface area contributed by atoms with Crippen molar-refractivity contribution < 1.29 is 22.7 Å². The van der Waals surface area contributed by atoms with Crippen molar-refractivity contribution in [3.05, 3.63) is 81.6 Å². The third kappa shape index (κ3) is 5.43. The molecule has 0 bridgehead atoms. The van der Waals surface area contributed by atoms with Crippen LogP contribution in [0.5, 0.6) is 11.5 Å². The van der Waals surface area contributed by atoms with E-state index in [4.69, 9.17) is 26.2 Å². The van der Waals surface area contributed by atoms with Crippen molar-refractivity contribution in [3.8, 4) is 11.5 Å². The van der Waals surface area contributed by atoms with Gasteiger partial charge in [0.15, 0.2) is 11.6 Å². The van der Waals surface area contributed by atoms with Crippen LogP contribution >= 0.6 is 11.6 Å². The van der Waals surface area contributed by atoms with Crippen molar-refractivity contribution in [2.75, 3.05) is 6.61 Å². The molecule has 0 radical (unpaired) electrons. The molecule has 0 fully saturated rings. The maximum Gasteiger partial charge on any atom is 0.416 e. The summed E-state index contributed by atoms with van der Waals surface area (Å²) in [4.78, 5) is 10.3. The van der Waals surface area contributed by atoms with Gasteiger partial charge in [0.1, 0.15) is 5.75 Å². The molecule has 2 heterocycles. The molecule has 33 heavy (non-hydrogen) atoms. The Balaban J connectivity index is 1.64. The van der Waals surface area contributed by atoms with Gasteiger partial charge in [-0.3, -0.25) is 9.83 Å². The van der Waals surface area contributed by atoms with Gasteiger partial charge in [-0.05, 0) is 55.7 Å². The van der Waals surface area contributed by atoms with E-state index in [9.17, 15) is 13.2 Å². The molecular weight excluding hydrogens is 457 g/mol. The second-order valence-electron chi connectivity index (χ2n) is 7.64. The first-order valence-corrected chi connectivity index (χ1v) is 10.5. The van der Waals surface area contributed by atoms with Crippen LogP contribution in [0.15, 0.2) is 53.7 Å². The van der Waals surface area contributed by atoms with Crippen molar-refractivity contribution in [2.45, 2.75) is 32.5 Å². The quantitative estimate of drug-likeness (QED) is 0.530. The molecule has 1 N–H and O–H groups in total. The van der Waals surface area contributed by atoms with Crippen molar-refractivity contribution in [2.24, 2.45) is 4.99 Å². The first-order valence-electron chi connectivity index (χ1n) is 10.1. The SMILES string of the molecule is Cc1ccc(CC2CONC(c3c(Oc4cccc(C(F)(F)F)c4)cnnc3C)=N2)c(Cl)c1. The Labute approximate surface area is 193 Å². The fourth-order valence-electron chi connectivity index (χ4n) is 3.43. The summed E-state index contributed by atoms with van der Waals surface area (Å²) in [7, 11) is 0. The second-order valence-corrected chi connectivity index (χ2v) is 8.05. The number of hydrogen-bond donors (Lipinski definition) is 1. The molecule has 0 saturated carbocycles. The molecule has 1 aliphatic heterocycles. The lowest BCUT2D eigenvalue weighted by Crippen LogP contribution is -2.37. The van der Waals surface area contributed by atoms with Crippen LogP contribution in [0.2, 0.25) is 5.02 Å². The van der Waals surface area contributed by atoms with Crippen molar-refractivity contribution in [1.82, 2.24) is 15.7 Å². The number of halogens is 4. The molecule has 10 heteroatoms. The molecule has 2 aromatic carbocycles. The van der Waals surface area contributed by atoms with Crippen LogP contribution in [-0.4, -0.2) is 28.7 Å². The van der Waals surface area contributed by atoms with Gasteiger partial charge < -0.3 is 4.74 Å². The molecule has 0 saturated heterocycles. The molecule has 3 aromatic rings. The van der Waals surface area contributed by atoms with Gasteiger partial charge in [0, 0.05) is 5.02 Å². The van der Waals surface area contributed by atoms with E-state index in [0.717, 1.165) is 23.3 Å². The Morgan fingerprint density at radius 2 is 2.00 bits per heavy atom. The van der Waals surface area contributed by atoms with Crippen LogP contribution in [-0.2, 0) is 17.4 Å². The summed E-state index contributed by atoms with van der Waals surface area (Å²) < 4.78 is 45.0. The Morgan fingerprint density at radius 3 is 2.76 bits per heavy atom. The van der Waals surface area contributed by atoms with Gasteiger partial charge in [-0.15, -0.1) is 0 Å². The summed E-state index contributed by atoms with van der Waals surface area (Å²) >= 11 is 6.36. The van der Waals surface area contributed by atoms with E-state index in [1.54, 1.807) is 6.92 Å². The predicted molar refractivity (Wildman–Crippen MR) is 118 cm³/mol. The number of amidine groups is 1. The first-order chi connectivity index (χ1) is 15.7. The molecule has 6 nitrogen and oxygen atoms in total. The maximum atomic E-state index is 13.1. The summed E-state index contributed by atoms with van der Waals surface area (Å²) in [5.41, 5.74) is 4.87. The number of aliphatic imine (C=N–C) groups is 1. The Bertz CT molecular complexity index is 1200. The van der Waals surface area contributed by atoms with Crippen LogP contribution < -0.4 is 10.2 Å². The standard InChI is InChI=1S/C23H20ClF3N4O2/c1-13-6-7-15(19(24)8-13)9-17-12-32-31-22(29-17)21-14(2)30-28-11-20(21)33-18-5-3-4-16(10-18)23(25,26)27/h3-8,10-11,17H,9,12H2,1-2H3,(H,29,31). The van der Waals surface area contributed by atoms with Crippen molar-refractivity contribution in [1.29, 1.82) is 0 Å². The predicted octanol–water partition coefficient (Wildman–Crippen LogP) is 5.45. The second kappa shape index (κ2) is 9.36. The number of hydroxylamine groups is 1. The van der Waals surface area contributed by atoms with E-state index >= 15 is 0 Å². The normalized spacial score (nSPS) is 16.2. The zero-order valence-electron chi connectivity index (χ0n) is 17.8. The van der Waals surface area contributed by atoms with Gasteiger partial charge in [-0.25, -0.2) is 5.48 Å². The van der Waals surface area contributed by atoms with Gasteiger partial charge in [-0.2, -0.15) is 23.4 Å². The molecule has 0 aliphatic carbocycles. The number of ether oxygens (including phenoxy) is 1. The Hall–Kier alpha value is -3.17. The van der Waals surface area contributed by atoms with Gasteiger partial charge in [-0.1, -0.05) is 29.8 Å². The number of nitrogens with one attached hydrogen (secondary N) is 1. The van der Waals surface area contributed by atoms with E-state index < -0.39 is 11.7 Å². The summed E-state index contributed by atoms with van der Waals surface area (Å²) in [6, 6.07) is 10.2. The van der Waals surface area contributed by atoms with Crippen LogP contribution in [0.3, 0.4) is 0 Å². The number of benzene rings is 2. The maximum absolute atomic E-state index is 13.1. The lowest BCUT2D eigenvalue weighted by atomic mass is 10.0. The topological polar surface area (TPSA) is 68.6 Å². The zero-order valence-corrected chi connectivity index (χ0v) is 18.5. The van der Waals surface area contributed by atoms with Crippen molar-refractivity contribution >= 4 is 17.4 Å². The van der Waals surface area contributed by atoms with Gasteiger partial charge in [0.2, 0.25) is 0 Å². The Morgan fingerprint density at radius 1 is 1.18 bits per heavy atom. The third-order valence-corrected chi connectivity index (χ3v) is 5.39. The minimum absolute atomic E-state index is 0.0128. The lowest BCUT2D eigenvalue weighted by Gasteiger charge is -2.24. The first kappa shape index (κ1) is 23.0. The largest absolute Gasteiger partial charge is 0.455 e. The molecule has 1 atom stereocenters. The third-order valence-electron chi connectivity index (χ3n) is 5.04. The number of aromatic nitrogens is 2. The molecule has 1 aliphatic rings. The van der Waals surface area contributed by atoms with Gasteiger partial charge in [0.25, 0.3) is 0 Å². The smallest absolute Gasteiger partial charge is 0.416 e. The minimum Gasteiger partial charge on any atom is -0.455 e. The van der Waals surface area contributed by atoms with Crippen molar-refractivity contribution in [3.63, 3.8) is 0 Å². The highest BCUT2D eigenvalue weighted by molar-refractivity contribution is 6.31. The highest BCUT2D eigenvalue weighted by Crippen LogP contribution is 2.34. The average molecular weight is 477 g/mol. The fraction of sp³-hybridized carbons (Fsp3) is 0.261. The number of aryl methyl sites for hydroxylation is 2. The molecule has 1 aromatic heterocycles. The van der Waals surface area contributed by atoms with E-state index in [2.05, 4.69) is 15.7 Å². The fourth-order valence-corrected chi connectivity index (χ4v) is 3.75. The van der Waals surface area contributed by atoms with E-state index in [1.165, 1.54) is 18.3 Å². The van der Waals surface area contributed by atoms with E-state index in [1.807, 2.05) is 25.1 Å². The minimum atomic E-state index is -4.48. The van der Waals surface area contributed by atoms with Gasteiger partial charge in [0.05, 0.1) is 35.7 Å². The number of nitrogens with zero attached hydrogens (tertiary/aromatic N) is 3. The Kier molecular flexibility index (Phi) is 6.53. The molecule has 4 rings (SSSR count). The van der Waals surface area contributed by atoms with E-state index in [-0.39, 0.29) is 17.5 Å². The highest BCUT2D eigenvalue weighted by atomic mass is 35.5. The molecule has 172 valence electrons. The molecule has 1 unspecified atom stereocenters. The van der Waals surface area contributed by atoms with Crippen LogP contribution in [0, 0.1) is 13.8 Å². The summed E-state index contributed by atoms with van der Waals surface area (Å²) in [5, 5.41) is 8.57. The van der Waals surface area contributed by atoms with Crippen LogP contribution in [0.25, 0.3) is 0 Å². The average Bonchev–Trinajstić information content (AvgIpc) is 2.76. The molecular formula is C23H20ClF3N4O2. The molecule has 0 spiro atoms.